The lowest BCUT2D eigenvalue weighted by Gasteiger charge is -2.19. The van der Waals surface area contributed by atoms with E-state index in [-0.39, 0.29) is 6.04 Å². The van der Waals surface area contributed by atoms with Crippen LogP contribution in [0.2, 0.25) is 10.0 Å². The van der Waals surface area contributed by atoms with E-state index >= 15 is 0 Å². The summed E-state index contributed by atoms with van der Waals surface area (Å²) in [6.07, 6.45) is 1.04. The maximum absolute atomic E-state index is 6.07. The first-order valence-electron chi connectivity index (χ1n) is 4.76. The van der Waals surface area contributed by atoms with Gasteiger partial charge < -0.3 is 5.73 Å². The molecule has 1 aromatic carbocycles. The lowest BCUT2D eigenvalue weighted by atomic mass is 9.93. The fraction of sp³-hybridized carbons (Fsp3) is 0.455. The first-order valence-corrected chi connectivity index (χ1v) is 5.52. The van der Waals surface area contributed by atoms with E-state index in [1.54, 1.807) is 6.07 Å². The van der Waals surface area contributed by atoms with Crippen molar-refractivity contribution in [2.45, 2.75) is 26.3 Å². The Morgan fingerprint density at radius 2 is 2.00 bits per heavy atom. The van der Waals surface area contributed by atoms with E-state index in [4.69, 9.17) is 28.9 Å². The molecule has 0 saturated carbocycles. The van der Waals surface area contributed by atoms with Crippen LogP contribution in [0.15, 0.2) is 18.2 Å². The number of halogens is 2. The molecule has 14 heavy (non-hydrogen) atoms. The second-order valence-corrected chi connectivity index (χ2v) is 4.42. The highest BCUT2D eigenvalue weighted by molar-refractivity contribution is 6.35. The van der Waals surface area contributed by atoms with Crippen molar-refractivity contribution in [3.63, 3.8) is 0 Å². The average Bonchev–Trinajstić information content (AvgIpc) is 2.15. The molecule has 0 fully saturated rings. The van der Waals surface area contributed by atoms with Gasteiger partial charge in [0, 0.05) is 16.1 Å². The third-order valence-electron chi connectivity index (χ3n) is 2.58. The first-order chi connectivity index (χ1) is 6.56. The minimum Gasteiger partial charge on any atom is -0.324 e. The topological polar surface area (TPSA) is 26.0 Å². The Balaban J connectivity index is 2.95. The molecule has 0 aliphatic rings. The van der Waals surface area contributed by atoms with Crippen molar-refractivity contribution in [3.8, 4) is 0 Å². The largest absolute Gasteiger partial charge is 0.324 e. The third-order valence-corrected chi connectivity index (χ3v) is 3.14. The highest BCUT2D eigenvalue weighted by Crippen LogP contribution is 2.29. The van der Waals surface area contributed by atoms with Crippen molar-refractivity contribution in [3.05, 3.63) is 33.8 Å². The summed E-state index contributed by atoms with van der Waals surface area (Å²) in [7, 11) is 0. The van der Waals surface area contributed by atoms with Crippen molar-refractivity contribution in [1.29, 1.82) is 0 Å². The summed E-state index contributed by atoms with van der Waals surface area (Å²) in [5.41, 5.74) is 7.05. The first kappa shape index (κ1) is 11.8. The van der Waals surface area contributed by atoms with Gasteiger partial charge in [-0.3, -0.25) is 0 Å². The Morgan fingerprint density at radius 3 is 2.50 bits per heavy atom. The van der Waals surface area contributed by atoms with Crippen molar-refractivity contribution in [2.75, 3.05) is 0 Å². The van der Waals surface area contributed by atoms with Crippen LogP contribution in [0.4, 0.5) is 0 Å². The number of nitrogens with two attached hydrogens (primary N) is 1. The summed E-state index contributed by atoms with van der Waals surface area (Å²) in [5.74, 6) is 0.425. The quantitative estimate of drug-likeness (QED) is 0.836. The number of hydrogen-bond acceptors (Lipinski definition) is 1. The molecule has 0 saturated heterocycles. The van der Waals surface area contributed by atoms with Crippen LogP contribution in [0.5, 0.6) is 0 Å². The Labute approximate surface area is 95.2 Å². The van der Waals surface area contributed by atoms with E-state index in [0.29, 0.717) is 16.0 Å². The highest BCUT2D eigenvalue weighted by atomic mass is 35.5. The number of rotatable bonds is 3. The summed E-state index contributed by atoms with van der Waals surface area (Å²) in [5, 5.41) is 1.31. The number of benzene rings is 1. The van der Waals surface area contributed by atoms with E-state index < -0.39 is 0 Å². The standard InChI is InChI=1S/C11H15Cl2N/c1-3-7(2)11(14)9-5-4-8(12)6-10(9)13/h4-7,11H,3,14H2,1-2H3. The van der Waals surface area contributed by atoms with E-state index in [9.17, 15) is 0 Å². The maximum atomic E-state index is 6.07. The van der Waals surface area contributed by atoms with Crippen LogP contribution in [0.1, 0.15) is 31.9 Å². The Morgan fingerprint density at radius 1 is 1.36 bits per heavy atom. The molecular formula is C11H15Cl2N. The van der Waals surface area contributed by atoms with Crippen LogP contribution in [-0.4, -0.2) is 0 Å². The molecule has 1 aromatic rings. The van der Waals surface area contributed by atoms with Gasteiger partial charge in [-0.1, -0.05) is 49.5 Å². The lowest BCUT2D eigenvalue weighted by Crippen LogP contribution is -2.18. The zero-order chi connectivity index (χ0) is 10.7. The van der Waals surface area contributed by atoms with Crippen molar-refractivity contribution in [2.24, 2.45) is 11.7 Å². The molecule has 2 unspecified atom stereocenters. The van der Waals surface area contributed by atoms with Gasteiger partial charge >= 0.3 is 0 Å². The molecular weight excluding hydrogens is 217 g/mol. The van der Waals surface area contributed by atoms with Crippen LogP contribution in [-0.2, 0) is 0 Å². The van der Waals surface area contributed by atoms with Crippen LogP contribution < -0.4 is 5.73 Å². The fourth-order valence-electron chi connectivity index (χ4n) is 1.33. The SMILES string of the molecule is CCC(C)C(N)c1ccc(Cl)cc1Cl. The summed E-state index contributed by atoms with van der Waals surface area (Å²) < 4.78 is 0. The lowest BCUT2D eigenvalue weighted by molar-refractivity contribution is 0.457. The monoisotopic (exact) mass is 231 g/mol. The zero-order valence-corrected chi connectivity index (χ0v) is 9.94. The van der Waals surface area contributed by atoms with E-state index in [2.05, 4.69) is 13.8 Å². The smallest absolute Gasteiger partial charge is 0.0468 e. The van der Waals surface area contributed by atoms with Crippen molar-refractivity contribution < 1.29 is 0 Å². The molecule has 0 aliphatic carbocycles. The summed E-state index contributed by atoms with van der Waals surface area (Å²) >= 11 is 11.9. The normalized spacial score (nSPS) is 15.2. The second kappa shape index (κ2) is 5.01. The maximum Gasteiger partial charge on any atom is 0.0468 e. The summed E-state index contributed by atoms with van der Waals surface area (Å²) in [6, 6.07) is 5.46. The van der Waals surface area contributed by atoms with Gasteiger partial charge in [0.25, 0.3) is 0 Å². The van der Waals surface area contributed by atoms with Gasteiger partial charge in [0.15, 0.2) is 0 Å². The molecule has 0 heterocycles. The van der Waals surface area contributed by atoms with E-state index in [1.165, 1.54) is 0 Å². The van der Waals surface area contributed by atoms with Gasteiger partial charge in [0.1, 0.15) is 0 Å². The predicted octanol–water partition coefficient (Wildman–Crippen LogP) is 4.04. The molecule has 0 radical (unpaired) electrons. The summed E-state index contributed by atoms with van der Waals surface area (Å²) in [6.45, 7) is 4.24. The van der Waals surface area contributed by atoms with Gasteiger partial charge in [-0.25, -0.2) is 0 Å². The van der Waals surface area contributed by atoms with Crippen LogP contribution in [0.25, 0.3) is 0 Å². The fourth-order valence-corrected chi connectivity index (χ4v) is 1.87. The predicted molar refractivity (Wildman–Crippen MR) is 62.8 cm³/mol. The average molecular weight is 232 g/mol. The molecule has 1 rings (SSSR count). The zero-order valence-electron chi connectivity index (χ0n) is 8.43. The minimum absolute atomic E-state index is 0.00948. The Hall–Kier alpha value is -0.240. The van der Waals surface area contributed by atoms with Crippen LogP contribution >= 0.6 is 23.2 Å². The van der Waals surface area contributed by atoms with E-state index in [1.807, 2.05) is 12.1 Å². The Bertz CT molecular complexity index is 312. The van der Waals surface area contributed by atoms with Crippen LogP contribution in [0.3, 0.4) is 0 Å². The van der Waals surface area contributed by atoms with Crippen molar-refractivity contribution >= 4 is 23.2 Å². The molecule has 3 heteroatoms. The molecule has 78 valence electrons. The third kappa shape index (κ3) is 2.63. The molecule has 2 atom stereocenters. The Kier molecular flexibility index (Phi) is 4.24. The van der Waals surface area contributed by atoms with Crippen molar-refractivity contribution in [1.82, 2.24) is 0 Å². The van der Waals surface area contributed by atoms with Gasteiger partial charge in [-0.15, -0.1) is 0 Å². The van der Waals surface area contributed by atoms with Gasteiger partial charge in [-0.05, 0) is 23.6 Å². The summed E-state index contributed by atoms with van der Waals surface area (Å²) in [4.78, 5) is 0. The second-order valence-electron chi connectivity index (χ2n) is 3.58. The van der Waals surface area contributed by atoms with Gasteiger partial charge in [-0.2, -0.15) is 0 Å². The van der Waals surface area contributed by atoms with Crippen LogP contribution in [0, 0.1) is 5.92 Å². The molecule has 0 amide bonds. The molecule has 1 nitrogen and oxygen atoms in total. The molecule has 0 aromatic heterocycles. The molecule has 0 bridgehead atoms. The molecule has 2 N–H and O–H groups in total. The highest BCUT2D eigenvalue weighted by Gasteiger charge is 2.15. The number of hydrogen-bond donors (Lipinski definition) is 1. The van der Waals surface area contributed by atoms with Gasteiger partial charge in [0.2, 0.25) is 0 Å². The van der Waals surface area contributed by atoms with E-state index in [0.717, 1.165) is 12.0 Å². The minimum atomic E-state index is -0.00948. The van der Waals surface area contributed by atoms with Gasteiger partial charge in [0.05, 0.1) is 0 Å². The molecule has 0 spiro atoms. The molecule has 0 aliphatic heterocycles.